The lowest BCUT2D eigenvalue weighted by Crippen LogP contribution is -2.39. The highest BCUT2D eigenvalue weighted by atomic mass is 32.2. The minimum Gasteiger partial charge on any atom is -0.494 e. The van der Waals surface area contributed by atoms with Crippen molar-refractivity contribution in [2.75, 3.05) is 30.7 Å². The molecule has 2 aromatic rings. The number of rotatable bonds is 6. The molecule has 0 saturated carbocycles. The van der Waals surface area contributed by atoms with Crippen LogP contribution in [0.3, 0.4) is 0 Å². The van der Waals surface area contributed by atoms with Gasteiger partial charge in [-0.15, -0.1) is 0 Å². The Hall–Kier alpha value is -2.55. The van der Waals surface area contributed by atoms with Gasteiger partial charge in [-0.3, -0.25) is 14.6 Å². The van der Waals surface area contributed by atoms with Crippen molar-refractivity contribution in [1.29, 1.82) is 0 Å². The minimum absolute atomic E-state index is 0.0127. The summed E-state index contributed by atoms with van der Waals surface area (Å²) in [5.74, 6) is 0.652. The SMILES string of the molecule is CCOc1cc(C(=O)N2CCCC(c3[nH]ncc3NS(C)(=O)=O)C2)ccc1C. The molecule has 0 spiro atoms. The molecule has 1 amide bonds. The molecule has 0 radical (unpaired) electrons. The second-order valence-corrected chi connectivity index (χ2v) is 8.82. The number of hydrogen-bond acceptors (Lipinski definition) is 5. The number of nitrogens with zero attached hydrogens (tertiary/aromatic N) is 2. The highest BCUT2D eigenvalue weighted by Gasteiger charge is 2.28. The molecule has 1 atom stereocenters. The lowest BCUT2D eigenvalue weighted by atomic mass is 9.93. The van der Waals surface area contributed by atoms with Crippen LogP contribution >= 0.6 is 0 Å². The van der Waals surface area contributed by atoms with Gasteiger partial charge in [0.2, 0.25) is 10.0 Å². The Labute approximate surface area is 165 Å². The lowest BCUT2D eigenvalue weighted by Gasteiger charge is -2.33. The summed E-state index contributed by atoms with van der Waals surface area (Å²) in [5, 5.41) is 6.88. The number of sulfonamides is 1. The average Bonchev–Trinajstić information content (AvgIpc) is 3.09. The topological polar surface area (TPSA) is 104 Å². The van der Waals surface area contributed by atoms with E-state index in [1.165, 1.54) is 6.20 Å². The van der Waals surface area contributed by atoms with Crippen LogP contribution in [0.2, 0.25) is 0 Å². The smallest absolute Gasteiger partial charge is 0.254 e. The van der Waals surface area contributed by atoms with Crippen molar-refractivity contribution in [1.82, 2.24) is 15.1 Å². The summed E-state index contributed by atoms with van der Waals surface area (Å²) in [6.07, 6.45) is 4.25. The molecule has 152 valence electrons. The van der Waals surface area contributed by atoms with Gasteiger partial charge in [0.25, 0.3) is 5.91 Å². The quantitative estimate of drug-likeness (QED) is 0.767. The standard InChI is InChI=1S/C19H26N4O4S/c1-4-27-17-10-14(8-7-13(17)2)19(24)23-9-5-6-15(12-23)18-16(11-20-21-18)22-28(3,25)26/h7-8,10-11,15,22H,4-6,9,12H2,1-3H3,(H,20,21). The molecule has 2 heterocycles. The van der Waals surface area contributed by atoms with Gasteiger partial charge in [0.15, 0.2) is 0 Å². The van der Waals surface area contributed by atoms with E-state index in [9.17, 15) is 13.2 Å². The molecular weight excluding hydrogens is 380 g/mol. The fourth-order valence-electron chi connectivity index (χ4n) is 3.51. The van der Waals surface area contributed by atoms with E-state index in [4.69, 9.17) is 4.74 Å². The number of aromatic nitrogens is 2. The van der Waals surface area contributed by atoms with Gasteiger partial charge in [0.05, 0.1) is 30.4 Å². The number of carbonyl (C=O) groups is 1. The molecule has 1 aliphatic rings. The molecule has 1 aromatic carbocycles. The van der Waals surface area contributed by atoms with Gasteiger partial charge in [-0.25, -0.2) is 8.42 Å². The summed E-state index contributed by atoms with van der Waals surface area (Å²) in [6.45, 7) is 5.56. The number of benzene rings is 1. The highest BCUT2D eigenvalue weighted by Crippen LogP contribution is 2.31. The van der Waals surface area contributed by atoms with E-state index in [1.807, 2.05) is 26.0 Å². The number of ether oxygens (including phenoxy) is 1. The number of hydrogen-bond donors (Lipinski definition) is 2. The molecule has 0 bridgehead atoms. The second kappa shape index (κ2) is 8.22. The lowest BCUT2D eigenvalue weighted by molar-refractivity contribution is 0.0705. The average molecular weight is 407 g/mol. The molecule has 1 fully saturated rings. The number of carbonyl (C=O) groups excluding carboxylic acids is 1. The van der Waals surface area contributed by atoms with E-state index in [-0.39, 0.29) is 11.8 Å². The van der Waals surface area contributed by atoms with Crippen LogP contribution in [0.1, 0.15) is 47.3 Å². The number of likely N-dealkylation sites (tertiary alicyclic amines) is 1. The number of aromatic amines is 1. The van der Waals surface area contributed by atoms with Gasteiger partial charge < -0.3 is 9.64 Å². The first-order valence-corrected chi connectivity index (χ1v) is 11.2. The first-order chi connectivity index (χ1) is 13.3. The van der Waals surface area contributed by atoms with Crippen molar-refractivity contribution in [2.24, 2.45) is 0 Å². The van der Waals surface area contributed by atoms with Crippen molar-refractivity contribution in [3.8, 4) is 5.75 Å². The monoisotopic (exact) mass is 406 g/mol. The van der Waals surface area contributed by atoms with Crippen LogP contribution in [0, 0.1) is 6.92 Å². The molecule has 1 aromatic heterocycles. The van der Waals surface area contributed by atoms with Crippen LogP contribution < -0.4 is 9.46 Å². The van der Waals surface area contributed by atoms with Crippen molar-refractivity contribution in [3.63, 3.8) is 0 Å². The third-order valence-electron chi connectivity index (χ3n) is 4.82. The third kappa shape index (κ3) is 4.64. The van der Waals surface area contributed by atoms with Crippen LogP contribution in [0.15, 0.2) is 24.4 Å². The largest absolute Gasteiger partial charge is 0.494 e. The molecule has 1 saturated heterocycles. The molecule has 1 unspecified atom stereocenters. The number of nitrogens with one attached hydrogen (secondary N) is 2. The van der Waals surface area contributed by atoms with Gasteiger partial charge in [0, 0.05) is 24.6 Å². The Balaban J connectivity index is 1.78. The predicted octanol–water partition coefficient (Wildman–Crippen LogP) is 2.51. The summed E-state index contributed by atoms with van der Waals surface area (Å²) in [7, 11) is -3.40. The second-order valence-electron chi connectivity index (χ2n) is 7.08. The molecule has 1 aliphatic heterocycles. The first-order valence-electron chi connectivity index (χ1n) is 9.32. The summed E-state index contributed by atoms with van der Waals surface area (Å²) < 4.78 is 31.2. The summed E-state index contributed by atoms with van der Waals surface area (Å²) in [5.41, 5.74) is 2.73. The zero-order valence-electron chi connectivity index (χ0n) is 16.4. The molecular formula is C19H26N4O4S. The maximum Gasteiger partial charge on any atom is 0.254 e. The Kier molecular flexibility index (Phi) is 5.93. The molecule has 2 N–H and O–H groups in total. The van der Waals surface area contributed by atoms with Crippen molar-refractivity contribution in [3.05, 3.63) is 41.2 Å². The van der Waals surface area contributed by atoms with Gasteiger partial charge in [0.1, 0.15) is 5.75 Å². The van der Waals surface area contributed by atoms with Crippen LogP contribution in [-0.2, 0) is 10.0 Å². The molecule has 28 heavy (non-hydrogen) atoms. The number of anilines is 1. The summed E-state index contributed by atoms with van der Waals surface area (Å²) in [4.78, 5) is 14.8. The fraction of sp³-hybridized carbons (Fsp3) is 0.474. The zero-order valence-corrected chi connectivity index (χ0v) is 17.2. The highest BCUT2D eigenvalue weighted by molar-refractivity contribution is 7.92. The molecule has 9 heteroatoms. The van der Waals surface area contributed by atoms with E-state index in [2.05, 4.69) is 14.9 Å². The maximum absolute atomic E-state index is 13.0. The van der Waals surface area contributed by atoms with Crippen molar-refractivity contribution in [2.45, 2.75) is 32.6 Å². The maximum atomic E-state index is 13.0. The summed E-state index contributed by atoms with van der Waals surface area (Å²) in [6, 6.07) is 5.50. The predicted molar refractivity (Wildman–Crippen MR) is 107 cm³/mol. The Morgan fingerprint density at radius 2 is 2.21 bits per heavy atom. The number of H-pyrrole nitrogens is 1. The van der Waals surface area contributed by atoms with Gasteiger partial charge >= 0.3 is 0 Å². The minimum atomic E-state index is -3.40. The van der Waals surface area contributed by atoms with E-state index >= 15 is 0 Å². The molecule has 0 aliphatic carbocycles. The Bertz CT molecular complexity index is 955. The van der Waals surface area contributed by atoms with Gasteiger partial charge in [-0.05, 0) is 44.4 Å². The van der Waals surface area contributed by atoms with E-state index < -0.39 is 10.0 Å². The Morgan fingerprint density at radius 1 is 1.43 bits per heavy atom. The molecule has 8 nitrogen and oxygen atoms in total. The van der Waals surface area contributed by atoms with Crippen LogP contribution in [0.4, 0.5) is 5.69 Å². The van der Waals surface area contributed by atoms with E-state index in [0.29, 0.717) is 36.6 Å². The first kappa shape index (κ1) is 20.2. The molecule has 3 rings (SSSR count). The van der Waals surface area contributed by atoms with Crippen LogP contribution in [0.5, 0.6) is 5.75 Å². The van der Waals surface area contributed by atoms with Crippen LogP contribution in [-0.4, -0.2) is 55.4 Å². The van der Waals surface area contributed by atoms with Gasteiger partial charge in [-0.2, -0.15) is 5.10 Å². The van der Waals surface area contributed by atoms with E-state index in [1.54, 1.807) is 11.0 Å². The third-order valence-corrected chi connectivity index (χ3v) is 5.41. The number of piperidine rings is 1. The number of amides is 1. The normalized spacial score (nSPS) is 17.4. The van der Waals surface area contributed by atoms with Gasteiger partial charge in [-0.1, -0.05) is 6.07 Å². The number of aryl methyl sites for hydroxylation is 1. The fourth-order valence-corrected chi connectivity index (χ4v) is 4.07. The van der Waals surface area contributed by atoms with Crippen LogP contribution in [0.25, 0.3) is 0 Å². The van der Waals surface area contributed by atoms with Crippen molar-refractivity contribution >= 4 is 21.6 Å². The Morgan fingerprint density at radius 3 is 2.93 bits per heavy atom. The van der Waals surface area contributed by atoms with E-state index in [0.717, 1.165) is 30.4 Å². The summed E-state index contributed by atoms with van der Waals surface area (Å²) >= 11 is 0. The zero-order chi connectivity index (χ0) is 20.3. The van der Waals surface area contributed by atoms with Crippen molar-refractivity contribution < 1.29 is 17.9 Å².